The van der Waals surface area contributed by atoms with E-state index in [2.05, 4.69) is 407 Å². The Morgan fingerprint density at radius 3 is 0.828 bits per heavy atom. The number of hydrogen-bond donors (Lipinski definition) is 1. The number of aromatic nitrogens is 7. The molecule has 1 N–H and O–H groups in total. The number of pyridine rings is 7. The molecule has 19 rings (SSSR count). The zero-order valence-electron chi connectivity index (χ0n) is 85.4. The number of carbonyl (C=O) groups excluding carboxylic acids is 1. The second-order valence-corrected chi connectivity index (χ2v) is 64.4. The van der Waals surface area contributed by atoms with Crippen molar-refractivity contribution in [3.63, 3.8) is 0 Å². The SMILES string of the molecule is CC(=O)C=C(C)O.C[Si](C)(C)c1cc(-c2[c-]cccc2)ncc1-c1ccccc1.C[Si](C)(C)c1ccc(-c2[c-]ccc(-c3ccccc3)c2)nc1.C[Si](C)(C)c1ccc(-c2[c-]ccc(-c3ccccc3)c2)nc1.C[Si](C)(C)c1ccc(-c2[c-]ccc(-c3ccccc3)c2)nc1.C[Si](C)(C)c1ccnc(-c2[c-]cc(-c3ccccc3)cc2)c1.[Ir].[Ir].[Ir].[Ir].[c-]1ccccc1-c1ccccn1.[c-]1ccccc1-c1ccccn1. The summed E-state index contributed by atoms with van der Waals surface area (Å²) in [6.07, 6.45) is 14.8. The number of allylic oxidation sites excluding steroid dienone is 2. The van der Waals surface area contributed by atoms with Gasteiger partial charge in [0.05, 0.1) is 46.1 Å². The van der Waals surface area contributed by atoms with Gasteiger partial charge >= 0.3 is 0 Å². The number of aliphatic hydroxyl groups excluding tert-OH is 1. The Hall–Kier alpha value is -12.4. The number of rotatable bonds is 18. The van der Waals surface area contributed by atoms with Crippen molar-refractivity contribution in [2.24, 2.45) is 0 Å². The molecule has 4 radical (unpaired) electrons. The third kappa shape index (κ3) is 37.5. The number of aliphatic hydroxyl groups is 1. The van der Waals surface area contributed by atoms with Gasteiger partial charge in [-0.2, -0.15) is 0 Å². The number of hydrogen-bond acceptors (Lipinski definition) is 9. The van der Waals surface area contributed by atoms with Crippen LogP contribution in [0, 0.1) is 42.5 Å². The van der Waals surface area contributed by atoms with Gasteiger partial charge in [-0.1, -0.05) is 344 Å². The predicted octanol–water partition coefficient (Wildman–Crippen LogP) is 29.9. The van der Waals surface area contributed by atoms with Gasteiger partial charge in [-0.05, 0) is 115 Å². The van der Waals surface area contributed by atoms with Crippen molar-refractivity contribution >= 4 is 72.1 Å². The molecule has 0 saturated carbocycles. The summed E-state index contributed by atoms with van der Waals surface area (Å²) in [6.45, 7) is 38.1. The first-order valence-corrected chi connectivity index (χ1v) is 65.1. The van der Waals surface area contributed by atoms with Crippen molar-refractivity contribution in [1.82, 2.24) is 34.9 Å². The molecule has 0 fully saturated rings. The Kier molecular flexibility index (Phi) is 47.2. The first-order valence-electron chi connectivity index (χ1n) is 47.6. The zero-order valence-corrected chi connectivity index (χ0v) is 100.0. The normalized spacial score (nSPS) is 10.8. The molecule has 9 nitrogen and oxygen atoms in total. The molecular formula is C127H124Ir4N7O2Si5-7. The van der Waals surface area contributed by atoms with E-state index in [1.807, 2.05) is 183 Å². The van der Waals surface area contributed by atoms with Crippen LogP contribution in [0.25, 0.3) is 134 Å². The van der Waals surface area contributed by atoms with Gasteiger partial charge in [0.2, 0.25) is 0 Å². The molecular weight excluding hydrogens is 2560 g/mol. The van der Waals surface area contributed by atoms with Gasteiger partial charge in [0.15, 0.2) is 5.78 Å². The Labute approximate surface area is 920 Å². The molecule has 19 aromatic rings. The van der Waals surface area contributed by atoms with Crippen LogP contribution in [0.1, 0.15) is 13.8 Å². The van der Waals surface area contributed by atoms with E-state index in [0.717, 1.165) is 78.8 Å². The molecule has 0 unspecified atom stereocenters. The van der Waals surface area contributed by atoms with Gasteiger partial charge < -0.3 is 40.0 Å². The first-order chi connectivity index (χ1) is 67.8. The van der Waals surface area contributed by atoms with Crippen LogP contribution in [-0.2, 0) is 85.2 Å². The van der Waals surface area contributed by atoms with E-state index in [1.165, 1.54) is 101 Å². The molecule has 0 aliphatic rings. The van der Waals surface area contributed by atoms with E-state index in [4.69, 9.17) is 10.1 Å². The minimum Gasteiger partial charge on any atom is -0.512 e. The summed E-state index contributed by atoms with van der Waals surface area (Å²) in [5.74, 6) is -0.0625. The van der Waals surface area contributed by atoms with E-state index in [1.54, 1.807) is 12.4 Å². The molecule has 742 valence electrons. The van der Waals surface area contributed by atoms with E-state index < -0.39 is 40.4 Å². The van der Waals surface area contributed by atoms with Crippen LogP contribution in [0.15, 0.2) is 443 Å². The molecule has 7 heterocycles. The zero-order chi connectivity index (χ0) is 100. The summed E-state index contributed by atoms with van der Waals surface area (Å²) in [7, 11) is -6.67. The molecule has 18 heteroatoms. The van der Waals surface area contributed by atoms with Crippen molar-refractivity contribution in [1.29, 1.82) is 0 Å². The smallest absolute Gasteiger partial charge is 0.155 e. The summed E-state index contributed by atoms with van der Waals surface area (Å²) in [6, 6.07) is 155. The van der Waals surface area contributed by atoms with E-state index in [0.29, 0.717) is 0 Å². The molecule has 0 aliphatic heterocycles. The topological polar surface area (TPSA) is 128 Å². The monoisotopic (exact) mass is 2690 g/mol. The van der Waals surface area contributed by atoms with Crippen LogP contribution >= 0.6 is 0 Å². The van der Waals surface area contributed by atoms with E-state index in [-0.39, 0.29) is 92.0 Å². The van der Waals surface area contributed by atoms with Gasteiger partial charge in [-0.15, -0.1) is 244 Å². The molecule has 7 aromatic heterocycles. The van der Waals surface area contributed by atoms with Crippen molar-refractivity contribution < 1.29 is 90.3 Å². The Morgan fingerprint density at radius 2 is 0.538 bits per heavy atom. The van der Waals surface area contributed by atoms with Crippen LogP contribution in [0.2, 0.25) is 98.2 Å². The summed E-state index contributed by atoms with van der Waals surface area (Å²) < 4.78 is 0. The maximum Gasteiger partial charge on any atom is 0.155 e. The first kappa shape index (κ1) is 118. The fourth-order valence-electron chi connectivity index (χ4n) is 14.8. The average molecular weight is 2690 g/mol. The van der Waals surface area contributed by atoms with Gasteiger partial charge in [0.1, 0.15) is 0 Å². The maximum atomic E-state index is 10.0. The molecule has 0 spiro atoms. The molecule has 12 aromatic carbocycles. The second-order valence-electron chi connectivity index (χ2n) is 39.0. The van der Waals surface area contributed by atoms with Crippen molar-refractivity contribution in [2.75, 3.05) is 0 Å². The van der Waals surface area contributed by atoms with Gasteiger partial charge in [0.25, 0.3) is 0 Å². The average Bonchev–Trinajstić information content (AvgIpc) is 0.786. The number of ketones is 1. The maximum absolute atomic E-state index is 10.0. The third-order valence-corrected chi connectivity index (χ3v) is 32.9. The minimum atomic E-state index is -1.48. The van der Waals surface area contributed by atoms with Crippen molar-refractivity contribution in [3.8, 4) is 134 Å². The Balaban J connectivity index is 0.000000205. The number of nitrogens with zero attached hydrogens (tertiary/aromatic N) is 7. The van der Waals surface area contributed by atoms with E-state index >= 15 is 0 Å². The minimum absolute atomic E-state index is 0. The Morgan fingerprint density at radius 1 is 0.234 bits per heavy atom. The molecule has 0 aliphatic carbocycles. The van der Waals surface area contributed by atoms with Crippen LogP contribution in [0.4, 0.5) is 0 Å². The molecule has 0 amide bonds. The van der Waals surface area contributed by atoms with Crippen LogP contribution in [-0.4, -0.2) is 86.1 Å². The largest absolute Gasteiger partial charge is 0.512 e. The number of carbonyl (C=O) groups is 1. The van der Waals surface area contributed by atoms with Gasteiger partial charge in [-0.3, -0.25) is 4.79 Å². The van der Waals surface area contributed by atoms with Gasteiger partial charge in [0, 0.05) is 130 Å². The Bertz CT molecular complexity index is 6600. The molecule has 0 bridgehead atoms. The number of benzene rings is 12. The summed E-state index contributed by atoms with van der Waals surface area (Å²) >= 11 is 0. The third-order valence-electron chi connectivity index (χ3n) is 22.8. The predicted molar refractivity (Wildman–Crippen MR) is 609 cm³/mol. The summed E-state index contributed by atoms with van der Waals surface area (Å²) in [4.78, 5) is 41.6. The molecule has 0 saturated heterocycles. The standard InChI is InChI=1S/5C20H20NSi.2C11H8N.C5H8O2.4Ir/c1-22(2,3)20-14-19(17-12-8-5-9-13-17)21-15-18(20)16-10-6-4-7-11-16;3*1-22(2,3)19-12-13-20(21-15-19)18-11-7-10-17(14-18)16-8-5-4-6-9-16;1-22(2,3)19-13-14-21-20(15-19)18-11-9-17(10-12-18)16-7-5-4-6-8-16;2*1-2-6-10(7-3-1)11-8-4-5-9-12-11;1-4(6)3-5(2)7;;;;/h4-12,14-15H,1-3H3;3*4-10,12-15H,1-3H3;4-11,13-15H,1-3H3;2*1-6,8-9H;3,6H,1-2H3;;;;/q7*-1;;;;;. The molecule has 0 atom stereocenters. The summed E-state index contributed by atoms with van der Waals surface area (Å²) in [5, 5.41) is 15.4. The van der Waals surface area contributed by atoms with E-state index in [9.17, 15) is 4.79 Å². The van der Waals surface area contributed by atoms with Crippen LogP contribution in [0.5, 0.6) is 0 Å². The fraction of sp³-hybridized carbons (Fsp3) is 0.134. The molecule has 145 heavy (non-hydrogen) atoms. The van der Waals surface area contributed by atoms with Crippen molar-refractivity contribution in [3.05, 3.63) is 486 Å². The van der Waals surface area contributed by atoms with Crippen molar-refractivity contribution in [2.45, 2.75) is 112 Å². The van der Waals surface area contributed by atoms with Crippen LogP contribution in [0.3, 0.4) is 0 Å². The fourth-order valence-corrected chi connectivity index (χ4v) is 20.6. The summed E-state index contributed by atoms with van der Waals surface area (Å²) in [5.41, 5.74) is 26.4. The second kappa shape index (κ2) is 58.1. The quantitative estimate of drug-likeness (QED) is 0.0387. The van der Waals surface area contributed by atoms with Gasteiger partial charge in [-0.25, -0.2) is 0 Å². The van der Waals surface area contributed by atoms with Crippen LogP contribution < -0.4 is 25.9 Å².